The van der Waals surface area contributed by atoms with E-state index in [1.54, 1.807) is 26.0 Å². The molecule has 1 aliphatic heterocycles. The lowest BCUT2D eigenvalue weighted by Crippen LogP contribution is -2.44. The summed E-state index contributed by atoms with van der Waals surface area (Å²) in [7, 11) is 0. The van der Waals surface area contributed by atoms with E-state index in [0.29, 0.717) is 18.5 Å². The third-order valence-electron chi connectivity index (χ3n) is 5.71. The first-order valence-electron chi connectivity index (χ1n) is 10.1. The molecule has 1 heterocycles. The molecule has 6 heteroatoms. The molecule has 1 aliphatic rings. The fourth-order valence-corrected chi connectivity index (χ4v) is 4.52. The highest BCUT2D eigenvalue weighted by Crippen LogP contribution is 2.44. The van der Waals surface area contributed by atoms with Crippen molar-refractivity contribution >= 4 is 33.6 Å². The minimum atomic E-state index is -1.02. The van der Waals surface area contributed by atoms with Gasteiger partial charge in [-0.25, -0.2) is 0 Å². The first-order chi connectivity index (χ1) is 14.2. The number of hydrogen-bond donors (Lipinski definition) is 1. The molecule has 1 fully saturated rings. The molecule has 1 saturated heterocycles. The van der Waals surface area contributed by atoms with E-state index in [4.69, 9.17) is 4.74 Å². The van der Waals surface area contributed by atoms with Crippen LogP contribution in [0.3, 0.4) is 0 Å². The van der Waals surface area contributed by atoms with E-state index in [2.05, 4.69) is 21.2 Å². The highest BCUT2D eigenvalue weighted by atomic mass is 79.9. The number of amides is 1. The Hall–Kier alpha value is -2.47. The van der Waals surface area contributed by atoms with Crippen molar-refractivity contribution in [1.82, 2.24) is 5.32 Å². The van der Waals surface area contributed by atoms with Crippen LogP contribution in [-0.2, 0) is 20.9 Å². The topological polar surface area (TPSA) is 72.5 Å². The van der Waals surface area contributed by atoms with Crippen molar-refractivity contribution in [3.05, 3.63) is 70.2 Å². The summed E-state index contributed by atoms with van der Waals surface area (Å²) >= 11 is 3.38. The zero-order valence-corrected chi connectivity index (χ0v) is 18.9. The summed E-state index contributed by atoms with van der Waals surface area (Å²) in [6, 6.07) is 16.6. The third kappa shape index (κ3) is 4.64. The first kappa shape index (κ1) is 22.2. The summed E-state index contributed by atoms with van der Waals surface area (Å²) in [5, 5.41) is 2.85. The Kier molecular flexibility index (Phi) is 6.76. The van der Waals surface area contributed by atoms with E-state index in [0.717, 1.165) is 10.0 Å². The molecule has 0 aromatic heterocycles. The predicted molar refractivity (Wildman–Crippen MR) is 118 cm³/mol. The Morgan fingerprint density at radius 2 is 1.73 bits per heavy atom. The largest absolute Gasteiger partial charge is 0.459 e. The van der Waals surface area contributed by atoms with Crippen molar-refractivity contribution < 1.29 is 19.1 Å². The lowest BCUT2D eigenvalue weighted by atomic mass is 9.70. The van der Waals surface area contributed by atoms with Crippen LogP contribution in [0.2, 0.25) is 0 Å². The van der Waals surface area contributed by atoms with Gasteiger partial charge < -0.3 is 10.1 Å². The molecular weight excluding hydrogens is 446 g/mol. The Morgan fingerprint density at radius 1 is 1.10 bits per heavy atom. The number of nitrogens with one attached hydrogen (secondary N) is 1. The van der Waals surface area contributed by atoms with E-state index < -0.39 is 35.2 Å². The molecule has 3 rings (SSSR count). The van der Waals surface area contributed by atoms with Crippen LogP contribution in [0, 0.1) is 17.8 Å². The second-order valence-corrected chi connectivity index (χ2v) is 9.03. The number of esters is 1. The Morgan fingerprint density at radius 3 is 2.33 bits per heavy atom. The molecule has 1 amide bonds. The van der Waals surface area contributed by atoms with Gasteiger partial charge in [-0.05, 0) is 38.0 Å². The van der Waals surface area contributed by atoms with Crippen LogP contribution >= 0.6 is 15.9 Å². The number of cyclic esters (lactones) is 1. The summed E-state index contributed by atoms with van der Waals surface area (Å²) < 4.78 is 6.46. The van der Waals surface area contributed by atoms with Crippen molar-refractivity contribution in [2.45, 2.75) is 39.3 Å². The molecule has 30 heavy (non-hydrogen) atoms. The maximum atomic E-state index is 13.3. The molecule has 5 nitrogen and oxygen atoms in total. The van der Waals surface area contributed by atoms with Crippen LogP contribution in [0.1, 0.15) is 43.1 Å². The fourth-order valence-electron chi connectivity index (χ4n) is 4.25. The number of carbonyl (C=O) groups is 3. The number of carbonyl (C=O) groups excluding carboxylic acids is 3. The van der Waals surface area contributed by atoms with Gasteiger partial charge in [0.1, 0.15) is 11.5 Å². The van der Waals surface area contributed by atoms with Crippen molar-refractivity contribution in [3.63, 3.8) is 0 Å². The molecule has 0 radical (unpaired) electrons. The first-order valence-corrected chi connectivity index (χ1v) is 10.9. The van der Waals surface area contributed by atoms with Crippen LogP contribution in [-0.4, -0.2) is 23.3 Å². The van der Waals surface area contributed by atoms with Crippen LogP contribution in [0.25, 0.3) is 0 Å². The minimum absolute atomic E-state index is 0.0813. The van der Waals surface area contributed by atoms with Crippen LogP contribution < -0.4 is 5.32 Å². The Bertz CT molecular complexity index is 924. The molecule has 2 aromatic rings. The van der Waals surface area contributed by atoms with Crippen molar-refractivity contribution in [3.8, 4) is 0 Å². The van der Waals surface area contributed by atoms with Gasteiger partial charge in [0.15, 0.2) is 5.78 Å². The monoisotopic (exact) mass is 471 g/mol. The number of Topliss-reactive ketones (excluding diaryl/α,β-unsaturated/α-hetero) is 1. The van der Waals surface area contributed by atoms with Gasteiger partial charge in [-0.1, -0.05) is 65.3 Å². The molecule has 0 aliphatic carbocycles. The molecule has 3 atom stereocenters. The average molecular weight is 472 g/mol. The average Bonchev–Trinajstić information content (AvgIpc) is 2.96. The van der Waals surface area contributed by atoms with Gasteiger partial charge in [0.05, 0.1) is 0 Å². The van der Waals surface area contributed by atoms with Gasteiger partial charge in [0.25, 0.3) is 0 Å². The summed E-state index contributed by atoms with van der Waals surface area (Å²) in [6.07, 6.45) is 0.502. The predicted octanol–water partition coefficient (Wildman–Crippen LogP) is 4.54. The van der Waals surface area contributed by atoms with Crippen LogP contribution in [0.4, 0.5) is 0 Å². The van der Waals surface area contributed by atoms with Gasteiger partial charge in [-0.3, -0.25) is 14.4 Å². The number of halogens is 1. The van der Waals surface area contributed by atoms with Crippen molar-refractivity contribution in [2.75, 3.05) is 0 Å². The summed E-state index contributed by atoms with van der Waals surface area (Å²) in [4.78, 5) is 39.0. The van der Waals surface area contributed by atoms with Crippen LogP contribution in [0.15, 0.2) is 59.1 Å². The molecular formula is C24H26BrNO4. The van der Waals surface area contributed by atoms with Gasteiger partial charge >= 0.3 is 5.97 Å². The van der Waals surface area contributed by atoms with Crippen molar-refractivity contribution in [1.29, 1.82) is 0 Å². The summed E-state index contributed by atoms with van der Waals surface area (Å²) in [6.45, 7) is 5.77. The zero-order chi connectivity index (χ0) is 21.9. The van der Waals surface area contributed by atoms with E-state index in [9.17, 15) is 14.4 Å². The Labute approximate surface area is 185 Å². The number of rotatable bonds is 7. The highest BCUT2D eigenvalue weighted by Gasteiger charge is 2.57. The van der Waals surface area contributed by atoms with Gasteiger partial charge in [0.2, 0.25) is 5.91 Å². The fraction of sp³-hybridized carbons (Fsp3) is 0.375. The molecule has 1 N–H and O–H groups in total. The second kappa shape index (κ2) is 9.13. The van der Waals surface area contributed by atoms with Gasteiger partial charge in [-0.2, -0.15) is 0 Å². The van der Waals surface area contributed by atoms with E-state index >= 15 is 0 Å². The molecule has 0 unspecified atom stereocenters. The second-order valence-electron chi connectivity index (χ2n) is 8.12. The van der Waals surface area contributed by atoms with Crippen molar-refractivity contribution in [2.24, 2.45) is 17.8 Å². The number of ether oxygens (including phenoxy) is 1. The summed E-state index contributed by atoms with van der Waals surface area (Å²) in [5.74, 6) is -3.14. The number of benzene rings is 2. The number of ketones is 1. The molecule has 2 aromatic carbocycles. The SMILES string of the molecule is CC[C@H](C(=O)c1ccc(Br)cc1)[C@H]1[C@@H](C(=O)NCc2ccccc2)C(=O)OC1(C)C. The molecule has 0 bridgehead atoms. The van der Waals surface area contributed by atoms with E-state index in [-0.39, 0.29) is 5.78 Å². The highest BCUT2D eigenvalue weighted by molar-refractivity contribution is 9.10. The minimum Gasteiger partial charge on any atom is -0.459 e. The van der Waals surface area contributed by atoms with E-state index in [1.807, 2.05) is 49.4 Å². The van der Waals surface area contributed by atoms with E-state index in [1.165, 1.54) is 0 Å². The standard InChI is InChI=1S/C24H26BrNO4/c1-4-18(21(27)16-10-12-17(25)13-11-16)20-19(23(29)30-24(20,2)3)22(28)26-14-15-8-6-5-7-9-15/h5-13,18-20H,4,14H2,1-3H3,(H,26,28)/t18-,19-,20-/m0/s1. The molecule has 0 saturated carbocycles. The quantitative estimate of drug-likeness (QED) is 0.365. The summed E-state index contributed by atoms with van der Waals surface area (Å²) in [5.41, 5.74) is 0.576. The maximum Gasteiger partial charge on any atom is 0.319 e. The maximum absolute atomic E-state index is 13.3. The zero-order valence-electron chi connectivity index (χ0n) is 17.4. The lowest BCUT2D eigenvalue weighted by Gasteiger charge is -2.32. The van der Waals surface area contributed by atoms with Crippen LogP contribution in [0.5, 0.6) is 0 Å². The number of hydrogen-bond acceptors (Lipinski definition) is 4. The van der Waals surface area contributed by atoms with Gasteiger partial charge in [0, 0.05) is 28.4 Å². The normalized spacial score (nSPS) is 21.0. The van der Waals surface area contributed by atoms with Gasteiger partial charge in [-0.15, -0.1) is 0 Å². The smallest absolute Gasteiger partial charge is 0.319 e. The molecule has 0 spiro atoms. The third-order valence-corrected chi connectivity index (χ3v) is 6.24. The molecule has 158 valence electrons. The Balaban J connectivity index is 1.85. The lowest BCUT2D eigenvalue weighted by molar-refractivity contribution is -0.150.